The Balaban J connectivity index is 1.69. The van der Waals surface area contributed by atoms with Crippen LogP contribution < -0.4 is 20.0 Å². The minimum absolute atomic E-state index is 0.0142. The molecule has 0 saturated heterocycles. The van der Waals surface area contributed by atoms with Crippen molar-refractivity contribution in [1.29, 1.82) is 0 Å². The normalized spacial score (nSPS) is 14.3. The number of halogens is 3. The van der Waals surface area contributed by atoms with Crippen LogP contribution in [0, 0.1) is 6.92 Å². The molecule has 50 heavy (non-hydrogen) atoms. The van der Waals surface area contributed by atoms with Crippen LogP contribution in [-0.4, -0.2) is 54.8 Å². The summed E-state index contributed by atoms with van der Waals surface area (Å²) < 4.78 is 6.14. The predicted molar refractivity (Wildman–Crippen MR) is 206 cm³/mol. The maximum absolute atomic E-state index is 13.9. The molecule has 1 heterocycles. The van der Waals surface area contributed by atoms with Crippen LogP contribution in [0.1, 0.15) is 78.0 Å². The number of carbonyl (C=O) groups is 2. The number of amidine groups is 1. The van der Waals surface area contributed by atoms with Gasteiger partial charge in [0.15, 0.2) is 18.2 Å². The number of hydrazone groups is 1. The second kappa shape index (κ2) is 16.1. The Morgan fingerprint density at radius 1 is 0.980 bits per heavy atom. The number of carbonyl (C=O) groups excluding carboxylic acids is 2. The van der Waals surface area contributed by atoms with Gasteiger partial charge in [0.1, 0.15) is 11.4 Å². The molecule has 1 aliphatic rings. The number of aliphatic imine (C=N–C) groups is 1. The van der Waals surface area contributed by atoms with E-state index in [9.17, 15) is 14.7 Å². The number of aliphatic hydroxyl groups excluding tert-OH is 1. The van der Waals surface area contributed by atoms with Crippen LogP contribution in [0.4, 0.5) is 17.1 Å². The molecule has 0 bridgehead atoms. The Morgan fingerprint density at radius 2 is 1.64 bits per heavy atom. The van der Waals surface area contributed by atoms with E-state index in [0.29, 0.717) is 24.5 Å². The standard InChI is InChI=1S/C38H46Cl3N5O4/c1-9-37(5,6)24-12-15-31(27(19-24)38(7,8)10-2)50-22-32(48)43-35-33(36(49)46(44-35)34-28(40)20-25(39)21-29(34)41)42-30-14-13-26(18-23(30)4)45(11-3)16-17-47/h12-15,18-21,47H,9-11,16-17,22H2,1-8H3,(H,43,44,48). The molecule has 268 valence electrons. The first-order chi connectivity index (χ1) is 23.6. The molecular formula is C38H46Cl3N5O4. The van der Waals surface area contributed by atoms with Gasteiger partial charge in [-0.1, -0.05) is 88.5 Å². The fraction of sp³-hybridized carbons (Fsp3) is 0.421. The number of rotatable bonds is 13. The Morgan fingerprint density at radius 3 is 2.22 bits per heavy atom. The maximum Gasteiger partial charge on any atom is 0.301 e. The van der Waals surface area contributed by atoms with E-state index in [4.69, 9.17) is 39.5 Å². The molecule has 0 aliphatic carbocycles. The third kappa shape index (κ3) is 8.62. The van der Waals surface area contributed by atoms with Gasteiger partial charge in [0.2, 0.25) is 0 Å². The SMILES string of the molecule is CCN(CCO)c1ccc(N=C2C(=O)N(c3c(Cl)cc(Cl)cc3Cl)N=C2NC(=O)COc2ccc(C(C)(C)CC)cc2C(C)(C)CC)c(C)c1. The number of benzene rings is 3. The smallest absolute Gasteiger partial charge is 0.301 e. The highest BCUT2D eigenvalue weighted by atomic mass is 35.5. The minimum atomic E-state index is -0.646. The second-order valence-corrected chi connectivity index (χ2v) is 14.8. The monoisotopic (exact) mass is 741 g/mol. The van der Waals surface area contributed by atoms with Crippen molar-refractivity contribution in [3.8, 4) is 5.75 Å². The van der Waals surface area contributed by atoms with Gasteiger partial charge in [-0.2, -0.15) is 5.01 Å². The number of aliphatic hydroxyl groups is 1. The molecule has 0 saturated carbocycles. The third-order valence-corrected chi connectivity index (χ3v) is 10.2. The molecule has 4 rings (SSSR count). The van der Waals surface area contributed by atoms with Crippen LogP contribution in [0.5, 0.6) is 5.75 Å². The first kappa shape index (κ1) is 39.2. The average Bonchev–Trinajstić information content (AvgIpc) is 3.36. The second-order valence-electron chi connectivity index (χ2n) is 13.5. The first-order valence-corrected chi connectivity index (χ1v) is 17.9. The molecule has 2 amide bonds. The van der Waals surface area contributed by atoms with Gasteiger partial charge in [-0.25, -0.2) is 4.99 Å². The van der Waals surface area contributed by atoms with Gasteiger partial charge in [-0.05, 0) is 85.0 Å². The van der Waals surface area contributed by atoms with Crippen LogP contribution in [-0.2, 0) is 20.4 Å². The minimum Gasteiger partial charge on any atom is -0.483 e. The number of aryl methyl sites for hydroxylation is 1. The van der Waals surface area contributed by atoms with Gasteiger partial charge in [0, 0.05) is 29.4 Å². The predicted octanol–water partition coefficient (Wildman–Crippen LogP) is 8.78. The number of likely N-dealkylation sites (N-methyl/N-ethyl adjacent to an activating group) is 1. The van der Waals surface area contributed by atoms with E-state index in [-0.39, 0.29) is 56.3 Å². The van der Waals surface area contributed by atoms with E-state index >= 15 is 0 Å². The van der Waals surface area contributed by atoms with Crippen molar-refractivity contribution < 1.29 is 19.4 Å². The summed E-state index contributed by atoms with van der Waals surface area (Å²) in [7, 11) is 0. The number of nitrogens with one attached hydrogen (secondary N) is 1. The number of hydrogen-bond donors (Lipinski definition) is 2. The number of ether oxygens (including phenoxy) is 1. The summed E-state index contributed by atoms with van der Waals surface area (Å²) in [6.07, 6.45) is 1.84. The van der Waals surface area contributed by atoms with Crippen molar-refractivity contribution >= 4 is 75.2 Å². The highest BCUT2D eigenvalue weighted by Crippen LogP contribution is 2.40. The van der Waals surface area contributed by atoms with Crippen molar-refractivity contribution in [2.45, 2.75) is 79.1 Å². The summed E-state index contributed by atoms with van der Waals surface area (Å²) in [5.74, 6) is -0.654. The van der Waals surface area contributed by atoms with Crippen LogP contribution in [0.15, 0.2) is 58.6 Å². The lowest BCUT2D eigenvalue weighted by atomic mass is 9.76. The molecule has 12 heteroatoms. The van der Waals surface area contributed by atoms with Crippen molar-refractivity contribution in [3.63, 3.8) is 0 Å². The van der Waals surface area contributed by atoms with Crippen LogP contribution in [0.25, 0.3) is 0 Å². The Bertz CT molecular complexity index is 1800. The molecule has 0 spiro atoms. The summed E-state index contributed by atoms with van der Waals surface area (Å²) in [6, 6.07) is 14.6. The van der Waals surface area contributed by atoms with Gasteiger partial charge in [-0.3, -0.25) is 9.59 Å². The average molecular weight is 743 g/mol. The van der Waals surface area contributed by atoms with E-state index < -0.39 is 11.8 Å². The lowest BCUT2D eigenvalue weighted by Gasteiger charge is -2.30. The number of hydrogen-bond acceptors (Lipinski definition) is 7. The van der Waals surface area contributed by atoms with E-state index in [1.54, 1.807) is 6.07 Å². The van der Waals surface area contributed by atoms with E-state index in [1.165, 1.54) is 17.7 Å². The quantitative estimate of drug-likeness (QED) is 0.182. The molecule has 3 aromatic rings. The topological polar surface area (TPSA) is 107 Å². The Kier molecular flexibility index (Phi) is 12.6. The van der Waals surface area contributed by atoms with Gasteiger partial charge in [0.25, 0.3) is 5.91 Å². The summed E-state index contributed by atoms with van der Waals surface area (Å²) in [5.41, 5.74) is 4.15. The maximum atomic E-state index is 13.9. The number of anilines is 2. The lowest BCUT2D eigenvalue weighted by Crippen LogP contribution is -2.39. The third-order valence-electron chi connectivity index (χ3n) is 9.42. The molecule has 2 N–H and O–H groups in total. The number of nitrogens with zero attached hydrogens (tertiary/aromatic N) is 4. The molecule has 3 aromatic carbocycles. The van der Waals surface area contributed by atoms with E-state index in [0.717, 1.165) is 34.7 Å². The van der Waals surface area contributed by atoms with Crippen LogP contribution in [0.2, 0.25) is 15.1 Å². The first-order valence-electron chi connectivity index (χ1n) is 16.8. The van der Waals surface area contributed by atoms with E-state index in [2.05, 4.69) is 63.0 Å². The molecular weight excluding hydrogens is 697 g/mol. The summed E-state index contributed by atoms with van der Waals surface area (Å²) in [6.45, 7) is 17.7. The number of amides is 2. The lowest BCUT2D eigenvalue weighted by molar-refractivity contribution is -0.121. The molecule has 0 fully saturated rings. The molecule has 0 aromatic heterocycles. The summed E-state index contributed by atoms with van der Waals surface area (Å²) >= 11 is 19.1. The van der Waals surface area contributed by atoms with Gasteiger partial charge < -0.3 is 20.1 Å². The Labute approximate surface area is 310 Å². The zero-order valence-electron chi connectivity index (χ0n) is 30.0. The summed E-state index contributed by atoms with van der Waals surface area (Å²) in [4.78, 5) is 34.1. The Hall–Kier alpha value is -3.63. The molecule has 1 aliphatic heterocycles. The van der Waals surface area contributed by atoms with E-state index in [1.807, 2.05) is 43.0 Å². The molecule has 9 nitrogen and oxygen atoms in total. The fourth-order valence-corrected chi connectivity index (χ4v) is 6.43. The van der Waals surface area contributed by atoms with Gasteiger partial charge >= 0.3 is 5.91 Å². The van der Waals surface area contributed by atoms with Gasteiger partial charge in [0.05, 0.1) is 22.3 Å². The molecule has 0 atom stereocenters. The van der Waals surface area contributed by atoms with Crippen molar-refractivity contribution in [1.82, 2.24) is 5.32 Å². The molecule has 0 radical (unpaired) electrons. The van der Waals surface area contributed by atoms with Crippen molar-refractivity contribution in [2.24, 2.45) is 10.1 Å². The largest absolute Gasteiger partial charge is 0.483 e. The molecule has 0 unspecified atom stereocenters. The zero-order valence-corrected chi connectivity index (χ0v) is 32.2. The van der Waals surface area contributed by atoms with Crippen LogP contribution >= 0.6 is 34.8 Å². The highest BCUT2D eigenvalue weighted by molar-refractivity contribution is 6.72. The van der Waals surface area contributed by atoms with Crippen molar-refractivity contribution in [3.05, 3.63) is 80.3 Å². The zero-order chi connectivity index (χ0) is 37.0. The highest BCUT2D eigenvalue weighted by Gasteiger charge is 2.37. The van der Waals surface area contributed by atoms with Crippen LogP contribution in [0.3, 0.4) is 0 Å². The van der Waals surface area contributed by atoms with Gasteiger partial charge in [-0.15, -0.1) is 5.10 Å². The fourth-order valence-electron chi connectivity index (χ4n) is 5.45. The summed E-state index contributed by atoms with van der Waals surface area (Å²) in [5, 5.41) is 18.1. The van der Waals surface area contributed by atoms with Crippen molar-refractivity contribution in [2.75, 3.05) is 36.2 Å².